The minimum Gasteiger partial charge on any atom is -0.508 e. The number of fused-ring (bicyclic) bond motifs is 1. The molecule has 2 aromatic rings. The minimum absolute atomic E-state index is 0.222. The first-order valence-corrected chi connectivity index (χ1v) is 7.41. The Labute approximate surface area is 126 Å². The fourth-order valence-corrected chi connectivity index (χ4v) is 2.89. The predicted octanol–water partition coefficient (Wildman–Crippen LogP) is 4.40. The molecule has 0 amide bonds. The number of rotatable bonds is 2. The number of nitrogens with one attached hydrogen (secondary N) is 1. The molecule has 0 saturated heterocycles. The summed E-state index contributed by atoms with van der Waals surface area (Å²) in [6.07, 6.45) is 0.920. The van der Waals surface area contributed by atoms with Crippen molar-refractivity contribution in [3.63, 3.8) is 0 Å². The van der Waals surface area contributed by atoms with Crippen molar-refractivity contribution in [1.29, 1.82) is 0 Å². The number of aromatic hydroxyl groups is 1. The molecule has 0 bridgehead atoms. The summed E-state index contributed by atoms with van der Waals surface area (Å²) in [4.78, 5) is 0. The second kappa shape index (κ2) is 5.37. The van der Waals surface area contributed by atoms with Crippen LogP contribution in [0.25, 0.3) is 0 Å². The molecular formula is C16H16BrNO2. The standard InChI is InChI=1S/C16H16BrNO2/c1-10-8-12(19)3-4-14(10)18-15-6-7-20-16-5-2-11(17)9-13(15)16/h2-5,8-9,15,18-19H,6-7H2,1H3. The summed E-state index contributed by atoms with van der Waals surface area (Å²) in [7, 11) is 0. The number of hydrogen-bond acceptors (Lipinski definition) is 3. The van der Waals surface area contributed by atoms with E-state index in [9.17, 15) is 5.11 Å². The van der Waals surface area contributed by atoms with E-state index in [0.29, 0.717) is 12.4 Å². The third-order valence-corrected chi connectivity index (χ3v) is 4.04. The Balaban J connectivity index is 1.91. The molecule has 0 aromatic heterocycles. The van der Waals surface area contributed by atoms with Crippen molar-refractivity contribution in [3.05, 3.63) is 52.0 Å². The van der Waals surface area contributed by atoms with Gasteiger partial charge in [0.2, 0.25) is 0 Å². The summed E-state index contributed by atoms with van der Waals surface area (Å²) in [6, 6.07) is 11.7. The number of phenolic OH excluding ortho intramolecular Hbond substituents is 1. The molecule has 4 heteroatoms. The molecule has 1 unspecified atom stereocenters. The first-order valence-electron chi connectivity index (χ1n) is 6.62. The third kappa shape index (κ3) is 2.61. The molecule has 3 nitrogen and oxygen atoms in total. The van der Waals surface area contributed by atoms with Gasteiger partial charge in [0.15, 0.2) is 0 Å². The summed E-state index contributed by atoms with van der Waals surface area (Å²) in [5, 5.41) is 13.0. The first-order chi connectivity index (χ1) is 9.63. The molecule has 0 radical (unpaired) electrons. The maximum Gasteiger partial charge on any atom is 0.124 e. The lowest BCUT2D eigenvalue weighted by molar-refractivity contribution is 0.274. The molecule has 0 fully saturated rings. The van der Waals surface area contributed by atoms with E-state index in [2.05, 4.69) is 27.3 Å². The van der Waals surface area contributed by atoms with Gasteiger partial charge in [-0.3, -0.25) is 0 Å². The zero-order valence-corrected chi connectivity index (χ0v) is 12.8. The SMILES string of the molecule is Cc1cc(O)ccc1NC1CCOc2ccc(Br)cc21. The highest BCUT2D eigenvalue weighted by Gasteiger charge is 2.22. The van der Waals surface area contributed by atoms with Gasteiger partial charge in [-0.2, -0.15) is 0 Å². The number of hydrogen-bond donors (Lipinski definition) is 2. The Bertz CT molecular complexity index is 642. The van der Waals surface area contributed by atoms with Gasteiger partial charge in [-0.1, -0.05) is 15.9 Å². The van der Waals surface area contributed by atoms with Crippen LogP contribution in [-0.4, -0.2) is 11.7 Å². The van der Waals surface area contributed by atoms with Crippen molar-refractivity contribution in [2.45, 2.75) is 19.4 Å². The Morgan fingerprint density at radius 1 is 1.25 bits per heavy atom. The van der Waals surface area contributed by atoms with Crippen LogP contribution in [0.15, 0.2) is 40.9 Å². The summed E-state index contributed by atoms with van der Waals surface area (Å²) >= 11 is 3.51. The number of benzene rings is 2. The van der Waals surface area contributed by atoms with Crippen LogP contribution in [0.1, 0.15) is 23.6 Å². The van der Waals surface area contributed by atoms with Crippen LogP contribution < -0.4 is 10.1 Å². The van der Waals surface area contributed by atoms with Gasteiger partial charge in [0, 0.05) is 22.1 Å². The molecule has 1 atom stereocenters. The lowest BCUT2D eigenvalue weighted by Crippen LogP contribution is -2.20. The normalized spacial score (nSPS) is 17.2. The zero-order chi connectivity index (χ0) is 14.1. The smallest absolute Gasteiger partial charge is 0.124 e. The van der Waals surface area contributed by atoms with Crippen LogP contribution in [0.5, 0.6) is 11.5 Å². The number of phenols is 1. The zero-order valence-electron chi connectivity index (χ0n) is 11.2. The Morgan fingerprint density at radius 3 is 2.90 bits per heavy atom. The van der Waals surface area contributed by atoms with Gasteiger partial charge in [-0.25, -0.2) is 0 Å². The Kier molecular flexibility index (Phi) is 3.57. The van der Waals surface area contributed by atoms with Crippen LogP contribution >= 0.6 is 15.9 Å². The van der Waals surface area contributed by atoms with Crippen molar-refractivity contribution in [2.75, 3.05) is 11.9 Å². The summed E-state index contributed by atoms with van der Waals surface area (Å²) < 4.78 is 6.75. The fraction of sp³-hybridized carbons (Fsp3) is 0.250. The van der Waals surface area contributed by atoms with Crippen LogP contribution in [-0.2, 0) is 0 Å². The van der Waals surface area contributed by atoms with E-state index >= 15 is 0 Å². The number of halogens is 1. The highest BCUT2D eigenvalue weighted by molar-refractivity contribution is 9.10. The maximum absolute atomic E-state index is 9.48. The second-order valence-electron chi connectivity index (χ2n) is 5.02. The summed E-state index contributed by atoms with van der Waals surface area (Å²) in [5.74, 6) is 1.23. The molecule has 2 N–H and O–H groups in total. The van der Waals surface area contributed by atoms with Crippen LogP contribution in [0.3, 0.4) is 0 Å². The molecule has 20 heavy (non-hydrogen) atoms. The molecule has 2 aromatic carbocycles. The molecule has 0 aliphatic carbocycles. The van der Waals surface area contributed by atoms with Gasteiger partial charge in [0.25, 0.3) is 0 Å². The first kappa shape index (κ1) is 13.3. The van der Waals surface area contributed by atoms with Crippen LogP contribution in [0.4, 0.5) is 5.69 Å². The van der Waals surface area contributed by atoms with Gasteiger partial charge in [-0.15, -0.1) is 0 Å². The predicted molar refractivity (Wildman–Crippen MR) is 83.5 cm³/mol. The monoisotopic (exact) mass is 333 g/mol. The van der Waals surface area contributed by atoms with Gasteiger partial charge in [0.05, 0.1) is 12.6 Å². The molecule has 1 aliphatic heterocycles. The van der Waals surface area contributed by atoms with Gasteiger partial charge >= 0.3 is 0 Å². The van der Waals surface area contributed by atoms with Crippen LogP contribution in [0, 0.1) is 6.92 Å². The molecule has 104 valence electrons. The van der Waals surface area contributed by atoms with E-state index in [-0.39, 0.29) is 6.04 Å². The third-order valence-electron chi connectivity index (χ3n) is 3.55. The van der Waals surface area contributed by atoms with E-state index in [1.807, 2.05) is 25.1 Å². The topological polar surface area (TPSA) is 41.5 Å². The molecule has 0 saturated carbocycles. The van der Waals surface area contributed by atoms with E-state index in [1.165, 1.54) is 0 Å². The van der Waals surface area contributed by atoms with Crippen molar-refractivity contribution in [3.8, 4) is 11.5 Å². The van der Waals surface area contributed by atoms with Gasteiger partial charge in [-0.05, 0) is 48.9 Å². The number of aryl methyl sites for hydroxylation is 1. The Hall–Kier alpha value is -1.68. The highest BCUT2D eigenvalue weighted by Crippen LogP contribution is 2.36. The van der Waals surface area contributed by atoms with Crippen molar-refractivity contribution in [2.24, 2.45) is 0 Å². The van der Waals surface area contributed by atoms with Crippen molar-refractivity contribution < 1.29 is 9.84 Å². The van der Waals surface area contributed by atoms with E-state index in [1.54, 1.807) is 12.1 Å². The number of anilines is 1. The van der Waals surface area contributed by atoms with E-state index < -0.39 is 0 Å². The minimum atomic E-state index is 0.222. The van der Waals surface area contributed by atoms with Gasteiger partial charge in [0.1, 0.15) is 11.5 Å². The maximum atomic E-state index is 9.48. The molecule has 0 spiro atoms. The Morgan fingerprint density at radius 2 is 2.10 bits per heavy atom. The average molecular weight is 334 g/mol. The fourth-order valence-electron chi connectivity index (χ4n) is 2.51. The van der Waals surface area contributed by atoms with Gasteiger partial charge < -0.3 is 15.2 Å². The van der Waals surface area contributed by atoms with Crippen LogP contribution in [0.2, 0.25) is 0 Å². The molecule has 3 rings (SSSR count). The lowest BCUT2D eigenvalue weighted by Gasteiger charge is -2.28. The summed E-state index contributed by atoms with van der Waals surface area (Å²) in [5.41, 5.74) is 3.24. The summed E-state index contributed by atoms with van der Waals surface area (Å²) in [6.45, 7) is 2.70. The van der Waals surface area contributed by atoms with Crippen molar-refractivity contribution >= 4 is 21.6 Å². The van der Waals surface area contributed by atoms with Crippen molar-refractivity contribution in [1.82, 2.24) is 0 Å². The van der Waals surface area contributed by atoms with E-state index in [0.717, 1.165) is 33.5 Å². The van der Waals surface area contributed by atoms with E-state index in [4.69, 9.17) is 4.74 Å². The highest BCUT2D eigenvalue weighted by atomic mass is 79.9. The lowest BCUT2D eigenvalue weighted by atomic mass is 10.00. The molecular weight excluding hydrogens is 318 g/mol. The quantitative estimate of drug-likeness (QED) is 0.800. The molecule has 1 aliphatic rings. The average Bonchev–Trinajstić information content (AvgIpc) is 2.42. The molecule has 1 heterocycles. The second-order valence-corrected chi connectivity index (χ2v) is 5.93. The largest absolute Gasteiger partial charge is 0.508 e. The number of ether oxygens (including phenoxy) is 1.